The summed E-state index contributed by atoms with van der Waals surface area (Å²) < 4.78 is 0. The van der Waals surface area contributed by atoms with E-state index in [9.17, 15) is 9.90 Å². The van der Waals surface area contributed by atoms with Crippen molar-refractivity contribution in [2.45, 2.75) is 76.0 Å². The van der Waals surface area contributed by atoms with Gasteiger partial charge in [-0.3, -0.25) is 4.79 Å². The number of para-hydroxylation sites is 1. The maximum absolute atomic E-state index is 13.2. The Bertz CT molecular complexity index is 854. The maximum Gasteiger partial charge on any atom is 0.223 e. The van der Waals surface area contributed by atoms with Gasteiger partial charge in [0.15, 0.2) is 0 Å². The Kier molecular flexibility index (Phi) is 3.52. The van der Waals surface area contributed by atoms with Gasteiger partial charge in [-0.2, -0.15) is 0 Å². The molecule has 4 aliphatic rings. The lowest BCUT2D eigenvalue weighted by Gasteiger charge is -2.59. The molecule has 0 spiro atoms. The molecule has 1 aromatic heterocycles. The van der Waals surface area contributed by atoms with Crippen LogP contribution >= 0.6 is 0 Å². The molecule has 4 bridgehead atoms. The van der Waals surface area contributed by atoms with Gasteiger partial charge in [0.1, 0.15) is 0 Å². The third kappa shape index (κ3) is 2.42. The van der Waals surface area contributed by atoms with Gasteiger partial charge in [0, 0.05) is 35.6 Å². The third-order valence-electron chi connectivity index (χ3n) is 7.15. The van der Waals surface area contributed by atoms with E-state index in [4.69, 9.17) is 0 Å². The number of aliphatic hydroxyl groups is 1. The number of amides is 1. The number of H-pyrrole nitrogens is 1. The molecule has 2 aromatic rings. The van der Waals surface area contributed by atoms with Crippen molar-refractivity contribution in [1.29, 1.82) is 0 Å². The van der Waals surface area contributed by atoms with Crippen LogP contribution in [0.25, 0.3) is 10.9 Å². The lowest BCUT2D eigenvalue weighted by atomic mass is 9.61. The molecular weight excluding hydrogens is 324 g/mol. The van der Waals surface area contributed by atoms with Crippen molar-refractivity contribution in [3.63, 3.8) is 0 Å². The fraction of sp³-hybridized carbons (Fsp3) is 0.591. The molecule has 6 rings (SSSR count). The number of rotatable bonds is 3. The van der Waals surface area contributed by atoms with Gasteiger partial charge in [-0.15, -0.1) is 0 Å². The number of piperidine rings is 2. The Morgan fingerprint density at radius 2 is 2.04 bits per heavy atom. The Morgan fingerprint density at radius 3 is 2.73 bits per heavy atom. The largest absolute Gasteiger partial charge is 0.390 e. The summed E-state index contributed by atoms with van der Waals surface area (Å²) in [5, 5.41) is 12.0. The molecule has 2 N–H and O–H groups in total. The minimum atomic E-state index is -0.493. The highest BCUT2D eigenvalue weighted by molar-refractivity contribution is 5.87. The first-order valence-corrected chi connectivity index (χ1v) is 10.0. The number of hydrogen-bond acceptors (Lipinski definition) is 2. The molecule has 2 saturated carbocycles. The SMILES string of the molecule is Cc1cccc2c(C(C)CC(=O)N3C4CC5CC3CC(O)(C5)C4)c[nH]c12. The van der Waals surface area contributed by atoms with Gasteiger partial charge in [-0.25, -0.2) is 0 Å². The highest BCUT2D eigenvalue weighted by Gasteiger charge is 2.54. The number of carbonyl (C=O) groups excluding carboxylic acids is 1. The minimum absolute atomic E-state index is 0.193. The van der Waals surface area contributed by atoms with Crippen LogP contribution in [0.5, 0.6) is 0 Å². The number of fused-ring (bicyclic) bond motifs is 1. The number of nitrogens with one attached hydrogen (secondary N) is 1. The molecular formula is C22H28N2O2. The first-order valence-electron chi connectivity index (χ1n) is 10.0. The molecule has 1 aromatic carbocycles. The number of aromatic amines is 1. The van der Waals surface area contributed by atoms with E-state index in [2.05, 4.69) is 48.1 Å². The van der Waals surface area contributed by atoms with Crippen LogP contribution in [-0.2, 0) is 4.79 Å². The van der Waals surface area contributed by atoms with Crippen molar-refractivity contribution in [1.82, 2.24) is 9.88 Å². The summed E-state index contributed by atoms with van der Waals surface area (Å²) in [5.74, 6) is 1.09. The Morgan fingerprint density at radius 1 is 1.31 bits per heavy atom. The molecule has 3 unspecified atom stereocenters. The van der Waals surface area contributed by atoms with Gasteiger partial charge in [-0.1, -0.05) is 25.1 Å². The number of carbonyl (C=O) groups is 1. The first-order chi connectivity index (χ1) is 12.4. The summed E-state index contributed by atoms with van der Waals surface area (Å²) in [5.41, 5.74) is 3.16. The molecule has 138 valence electrons. The zero-order valence-electron chi connectivity index (χ0n) is 15.7. The van der Waals surface area contributed by atoms with Crippen molar-refractivity contribution in [2.24, 2.45) is 5.92 Å². The average Bonchev–Trinajstić information content (AvgIpc) is 2.98. The van der Waals surface area contributed by atoms with Crippen LogP contribution in [0.1, 0.15) is 62.5 Å². The highest BCUT2D eigenvalue weighted by Crippen LogP contribution is 2.51. The van der Waals surface area contributed by atoms with Crippen molar-refractivity contribution in [3.8, 4) is 0 Å². The van der Waals surface area contributed by atoms with E-state index in [1.165, 1.54) is 22.0 Å². The topological polar surface area (TPSA) is 56.3 Å². The van der Waals surface area contributed by atoms with Gasteiger partial charge < -0.3 is 15.0 Å². The van der Waals surface area contributed by atoms with Gasteiger partial charge in [-0.05, 0) is 62.0 Å². The van der Waals surface area contributed by atoms with Crippen LogP contribution < -0.4 is 0 Å². The predicted molar refractivity (Wildman–Crippen MR) is 102 cm³/mol. The second-order valence-corrected chi connectivity index (χ2v) is 9.13. The number of nitrogens with zero attached hydrogens (tertiary/aromatic N) is 1. The second-order valence-electron chi connectivity index (χ2n) is 9.13. The molecule has 3 heterocycles. The van der Waals surface area contributed by atoms with Gasteiger partial charge in [0.25, 0.3) is 0 Å². The fourth-order valence-corrected chi connectivity index (χ4v) is 6.21. The molecule has 0 radical (unpaired) electrons. The van der Waals surface area contributed by atoms with E-state index in [1.54, 1.807) is 0 Å². The summed E-state index contributed by atoms with van der Waals surface area (Å²) in [6.07, 6.45) is 7.32. The summed E-state index contributed by atoms with van der Waals surface area (Å²) in [6, 6.07) is 6.87. The van der Waals surface area contributed by atoms with E-state index in [0.717, 1.165) is 32.1 Å². The summed E-state index contributed by atoms with van der Waals surface area (Å²) in [7, 11) is 0. The van der Waals surface area contributed by atoms with Crippen LogP contribution in [0.15, 0.2) is 24.4 Å². The Hall–Kier alpha value is -1.81. The number of benzene rings is 1. The highest BCUT2D eigenvalue weighted by atomic mass is 16.3. The van der Waals surface area contributed by atoms with E-state index >= 15 is 0 Å². The Balaban J connectivity index is 1.36. The van der Waals surface area contributed by atoms with Crippen molar-refractivity contribution >= 4 is 16.8 Å². The molecule has 2 aliphatic carbocycles. The van der Waals surface area contributed by atoms with Crippen LogP contribution in [0.4, 0.5) is 0 Å². The van der Waals surface area contributed by atoms with E-state index in [-0.39, 0.29) is 23.9 Å². The van der Waals surface area contributed by atoms with E-state index < -0.39 is 5.60 Å². The molecule has 26 heavy (non-hydrogen) atoms. The van der Waals surface area contributed by atoms with E-state index in [0.29, 0.717) is 12.3 Å². The monoisotopic (exact) mass is 352 g/mol. The minimum Gasteiger partial charge on any atom is -0.390 e. The van der Waals surface area contributed by atoms with Crippen LogP contribution in [0.3, 0.4) is 0 Å². The zero-order valence-corrected chi connectivity index (χ0v) is 15.7. The molecule has 2 aliphatic heterocycles. The standard InChI is InChI=1S/C22H28N2O2/c1-13-4-3-5-18-19(12-23-21(13)18)14(2)6-20(25)24-16-7-15-8-17(24)11-22(26,9-15)10-16/h3-5,12,14-17,23,26H,6-11H2,1-2H3. The lowest BCUT2D eigenvalue weighted by molar-refractivity contribution is -0.174. The molecule has 4 fully saturated rings. The fourth-order valence-electron chi connectivity index (χ4n) is 6.21. The molecule has 4 nitrogen and oxygen atoms in total. The Labute approximate surface area is 154 Å². The first kappa shape index (κ1) is 16.4. The lowest BCUT2D eigenvalue weighted by Crippen LogP contribution is -2.65. The average molecular weight is 352 g/mol. The van der Waals surface area contributed by atoms with Gasteiger partial charge in [0.05, 0.1) is 5.60 Å². The summed E-state index contributed by atoms with van der Waals surface area (Å²) in [6.45, 7) is 4.27. The summed E-state index contributed by atoms with van der Waals surface area (Å²) >= 11 is 0. The van der Waals surface area contributed by atoms with Crippen LogP contribution in [0.2, 0.25) is 0 Å². The quantitative estimate of drug-likeness (QED) is 0.881. The number of aryl methyl sites for hydroxylation is 1. The third-order valence-corrected chi connectivity index (χ3v) is 7.15. The number of aromatic nitrogens is 1. The van der Waals surface area contributed by atoms with Crippen molar-refractivity contribution in [3.05, 3.63) is 35.5 Å². The normalized spacial score (nSPS) is 33.8. The molecule has 1 amide bonds. The smallest absolute Gasteiger partial charge is 0.223 e. The predicted octanol–water partition coefficient (Wildman–Crippen LogP) is 3.87. The molecule has 2 saturated heterocycles. The van der Waals surface area contributed by atoms with Crippen molar-refractivity contribution in [2.75, 3.05) is 0 Å². The van der Waals surface area contributed by atoms with Crippen molar-refractivity contribution < 1.29 is 9.90 Å². The van der Waals surface area contributed by atoms with E-state index in [1.807, 2.05) is 0 Å². The number of hydrogen-bond donors (Lipinski definition) is 2. The molecule has 4 heteroatoms. The summed E-state index contributed by atoms with van der Waals surface area (Å²) in [4.78, 5) is 18.7. The zero-order chi connectivity index (χ0) is 18.1. The molecule has 3 atom stereocenters. The van der Waals surface area contributed by atoms with Crippen LogP contribution in [-0.4, -0.2) is 38.6 Å². The van der Waals surface area contributed by atoms with Gasteiger partial charge in [0.2, 0.25) is 5.91 Å². The van der Waals surface area contributed by atoms with Crippen LogP contribution in [0, 0.1) is 12.8 Å². The second kappa shape index (κ2) is 5.59. The van der Waals surface area contributed by atoms with Gasteiger partial charge >= 0.3 is 0 Å². The maximum atomic E-state index is 13.2.